The van der Waals surface area contributed by atoms with E-state index in [0.717, 1.165) is 10.9 Å². The van der Waals surface area contributed by atoms with Crippen LogP contribution in [0.4, 0.5) is 0 Å². The van der Waals surface area contributed by atoms with Gasteiger partial charge in [-0.25, -0.2) is 0 Å². The Bertz CT molecular complexity index is 344. The summed E-state index contributed by atoms with van der Waals surface area (Å²) in [6, 6.07) is 7.58. The maximum absolute atomic E-state index is 12.0. The molecule has 0 aliphatic carbocycles. The van der Waals surface area contributed by atoms with Crippen LogP contribution in [0.25, 0.3) is 0 Å². The quantitative estimate of drug-likeness (QED) is 0.654. The van der Waals surface area contributed by atoms with Crippen molar-refractivity contribution in [3.05, 3.63) is 29.8 Å². The van der Waals surface area contributed by atoms with Gasteiger partial charge < -0.3 is 9.64 Å². The summed E-state index contributed by atoms with van der Waals surface area (Å²) in [6.45, 7) is 2.68. The molecule has 1 aliphatic rings. The van der Waals surface area contributed by atoms with E-state index >= 15 is 0 Å². The number of amides is 1. The Morgan fingerprint density at radius 3 is 2.40 bits per heavy atom. The Balaban J connectivity index is 2.09. The Kier molecular flexibility index (Phi) is 3.34. The molecule has 1 atom stereocenters. The SMILES string of the molecule is O=C(c1ccc(P)cc1)N1CCOCC1. The molecule has 0 radical (unpaired) electrons. The molecule has 1 aromatic rings. The van der Waals surface area contributed by atoms with Gasteiger partial charge in [0.05, 0.1) is 13.2 Å². The van der Waals surface area contributed by atoms with Crippen molar-refractivity contribution in [2.24, 2.45) is 0 Å². The minimum absolute atomic E-state index is 0.100. The lowest BCUT2D eigenvalue weighted by atomic mass is 10.2. The fourth-order valence-electron chi connectivity index (χ4n) is 1.57. The predicted octanol–water partition coefficient (Wildman–Crippen LogP) is 0.659. The third-order valence-electron chi connectivity index (χ3n) is 2.46. The van der Waals surface area contributed by atoms with Crippen LogP contribution in [0.1, 0.15) is 10.4 Å². The van der Waals surface area contributed by atoms with Crippen molar-refractivity contribution >= 4 is 20.5 Å². The second-order valence-electron chi connectivity index (χ2n) is 3.53. The van der Waals surface area contributed by atoms with Gasteiger partial charge in [0.25, 0.3) is 5.91 Å². The van der Waals surface area contributed by atoms with Gasteiger partial charge in [-0.1, -0.05) is 12.1 Å². The third-order valence-corrected chi connectivity index (χ3v) is 2.84. The molecule has 0 bridgehead atoms. The van der Waals surface area contributed by atoms with E-state index in [2.05, 4.69) is 9.24 Å². The highest BCUT2D eigenvalue weighted by Gasteiger charge is 2.17. The van der Waals surface area contributed by atoms with Gasteiger partial charge in [0, 0.05) is 18.7 Å². The maximum atomic E-state index is 12.0. The van der Waals surface area contributed by atoms with Crippen LogP contribution in [0.3, 0.4) is 0 Å². The van der Waals surface area contributed by atoms with Crippen LogP contribution < -0.4 is 5.30 Å². The molecule has 3 nitrogen and oxygen atoms in total. The van der Waals surface area contributed by atoms with Crippen LogP contribution in [0.2, 0.25) is 0 Å². The average molecular weight is 223 g/mol. The van der Waals surface area contributed by atoms with Crippen LogP contribution in [0.15, 0.2) is 24.3 Å². The number of carbonyl (C=O) groups is 1. The molecular formula is C11H14NO2P. The number of hydrogen-bond acceptors (Lipinski definition) is 2. The molecule has 1 aromatic carbocycles. The summed E-state index contributed by atoms with van der Waals surface area (Å²) in [5.41, 5.74) is 0.753. The standard InChI is InChI=1S/C11H14NO2P/c13-11(12-5-7-14-8-6-12)9-1-3-10(15)4-2-9/h1-4H,5-8,15H2. The van der Waals surface area contributed by atoms with E-state index in [1.54, 1.807) is 0 Å². The van der Waals surface area contributed by atoms with Crippen molar-refractivity contribution in [2.75, 3.05) is 26.3 Å². The van der Waals surface area contributed by atoms with Crippen molar-refractivity contribution in [2.45, 2.75) is 0 Å². The summed E-state index contributed by atoms with van der Waals surface area (Å²) in [5.74, 6) is 0.100. The van der Waals surface area contributed by atoms with E-state index in [4.69, 9.17) is 4.74 Å². The van der Waals surface area contributed by atoms with Crippen molar-refractivity contribution < 1.29 is 9.53 Å². The molecule has 1 amide bonds. The number of morpholine rings is 1. The molecule has 1 aliphatic heterocycles. The molecule has 1 heterocycles. The minimum Gasteiger partial charge on any atom is -0.378 e. The van der Waals surface area contributed by atoms with Gasteiger partial charge in [-0.05, 0) is 17.4 Å². The molecule has 0 saturated carbocycles. The van der Waals surface area contributed by atoms with Gasteiger partial charge in [0.2, 0.25) is 0 Å². The van der Waals surface area contributed by atoms with E-state index in [1.807, 2.05) is 29.2 Å². The topological polar surface area (TPSA) is 29.5 Å². The smallest absolute Gasteiger partial charge is 0.254 e. The van der Waals surface area contributed by atoms with Gasteiger partial charge in [0.1, 0.15) is 0 Å². The summed E-state index contributed by atoms with van der Waals surface area (Å²) < 4.78 is 5.21. The first-order chi connectivity index (χ1) is 7.27. The van der Waals surface area contributed by atoms with Crippen LogP contribution in [0.5, 0.6) is 0 Å². The zero-order valence-corrected chi connectivity index (χ0v) is 9.63. The Morgan fingerprint density at radius 1 is 1.20 bits per heavy atom. The largest absolute Gasteiger partial charge is 0.378 e. The highest BCUT2D eigenvalue weighted by atomic mass is 31.0. The number of nitrogens with zero attached hydrogens (tertiary/aromatic N) is 1. The molecule has 4 heteroatoms. The van der Waals surface area contributed by atoms with Crippen molar-refractivity contribution in [3.8, 4) is 0 Å². The van der Waals surface area contributed by atoms with Gasteiger partial charge >= 0.3 is 0 Å². The van der Waals surface area contributed by atoms with Gasteiger partial charge in [-0.15, -0.1) is 9.24 Å². The van der Waals surface area contributed by atoms with E-state index in [9.17, 15) is 4.79 Å². The zero-order valence-electron chi connectivity index (χ0n) is 8.48. The van der Waals surface area contributed by atoms with Crippen molar-refractivity contribution in [1.82, 2.24) is 4.90 Å². The molecule has 1 fully saturated rings. The predicted molar refractivity (Wildman–Crippen MR) is 62.5 cm³/mol. The number of rotatable bonds is 1. The molecule has 0 aromatic heterocycles. The van der Waals surface area contributed by atoms with E-state index in [0.29, 0.717) is 26.3 Å². The first-order valence-electron chi connectivity index (χ1n) is 5.00. The van der Waals surface area contributed by atoms with Crippen LogP contribution in [-0.2, 0) is 4.74 Å². The van der Waals surface area contributed by atoms with E-state index < -0.39 is 0 Å². The van der Waals surface area contributed by atoms with Crippen LogP contribution in [-0.4, -0.2) is 37.1 Å². The molecular weight excluding hydrogens is 209 g/mol. The van der Waals surface area contributed by atoms with Crippen molar-refractivity contribution in [3.63, 3.8) is 0 Å². The van der Waals surface area contributed by atoms with Crippen LogP contribution in [0, 0.1) is 0 Å². The number of carbonyl (C=O) groups excluding carboxylic acids is 1. The molecule has 0 N–H and O–H groups in total. The number of benzene rings is 1. The second kappa shape index (κ2) is 4.73. The van der Waals surface area contributed by atoms with Crippen LogP contribution >= 0.6 is 9.24 Å². The normalized spacial score (nSPS) is 16.5. The molecule has 1 saturated heterocycles. The molecule has 15 heavy (non-hydrogen) atoms. The molecule has 1 unspecified atom stereocenters. The zero-order chi connectivity index (χ0) is 10.7. The summed E-state index contributed by atoms with van der Waals surface area (Å²) in [5, 5.41) is 1.09. The molecule has 80 valence electrons. The average Bonchev–Trinajstić information content (AvgIpc) is 2.30. The second-order valence-corrected chi connectivity index (χ2v) is 4.19. The molecule has 2 rings (SSSR count). The third kappa shape index (κ3) is 2.55. The van der Waals surface area contributed by atoms with Gasteiger partial charge in [0.15, 0.2) is 0 Å². The van der Waals surface area contributed by atoms with Crippen molar-refractivity contribution in [1.29, 1.82) is 0 Å². The highest BCUT2D eigenvalue weighted by molar-refractivity contribution is 7.27. The lowest BCUT2D eigenvalue weighted by Gasteiger charge is -2.26. The monoisotopic (exact) mass is 223 g/mol. The summed E-state index contributed by atoms with van der Waals surface area (Å²) in [4.78, 5) is 13.8. The lowest BCUT2D eigenvalue weighted by Crippen LogP contribution is -2.40. The summed E-state index contributed by atoms with van der Waals surface area (Å²) in [7, 11) is 2.61. The number of ether oxygens (including phenoxy) is 1. The molecule has 0 spiro atoms. The summed E-state index contributed by atoms with van der Waals surface area (Å²) in [6.07, 6.45) is 0. The maximum Gasteiger partial charge on any atom is 0.254 e. The Hall–Kier alpha value is -0.920. The first-order valence-corrected chi connectivity index (χ1v) is 5.57. The fraction of sp³-hybridized carbons (Fsp3) is 0.364. The summed E-state index contributed by atoms with van der Waals surface area (Å²) >= 11 is 0. The van der Waals surface area contributed by atoms with Gasteiger partial charge in [-0.2, -0.15) is 0 Å². The lowest BCUT2D eigenvalue weighted by molar-refractivity contribution is 0.0303. The Morgan fingerprint density at radius 2 is 1.80 bits per heavy atom. The first kappa shape index (κ1) is 10.6. The van der Waals surface area contributed by atoms with Gasteiger partial charge in [-0.3, -0.25) is 4.79 Å². The minimum atomic E-state index is 0.100. The Labute approximate surface area is 91.6 Å². The number of hydrogen-bond donors (Lipinski definition) is 0. The highest BCUT2D eigenvalue weighted by Crippen LogP contribution is 2.06. The van der Waals surface area contributed by atoms with E-state index in [1.165, 1.54) is 0 Å². The fourth-order valence-corrected chi connectivity index (χ4v) is 1.77. The van der Waals surface area contributed by atoms with E-state index in [-0.39, 0.29) is 5.91 Å².